The summed E-state index contributed by atoms with van der Waals surface area (Å²) in [6, 6.07) is 0. The topological polar surface area (TPSA) is 47.4 Å². The molecule has 0 aromatic carbocycles. The molecule has 0 N–H and O–H groups in total. The number of hydrogen-bond acceptors (Lipinski definition) is 3. The van der Waals surface area contributed by atoms with Crippen molar-refractivity contribution in [3.63, 3.8) is 0 Å². The summed E-state index contributed by atoms with van der Waals surface area (Å²) in [4.78, 5) is 14.1. The van der Waals surface area contributed by atoms with Crippen LogP contribution in [0.5, 0.6) is 0 Å². The summed E-state index contributed by atoms with van der Waals surface area (Å²) < 4.78 is 7.06. The maximum atomic E-state index is 12.3. The summed E-state index contributed by atoms with van der Waals surface area (Å²) in [6.07, 6.45) is 0.955. The Bertz CT molecular complexity index is 503. The maximum Gasteiger partial charge on any atom is 0.244 e. The Morgan fingerprint density at radius 1 is 1.45 bits per heavy atom. The van der Waals surface area contributed by atoms with E-state index in [2.05, 4.69) is 18.9 Å². The van der Waals surface area contributed by atoms with Crippen LogP contribution in [0.2, 0.25) is 0 Å². The van der Waals surface area contributed by atoms with Gasteiger partial charge in [-0.15, -0.1) is 0 Å². The second kappa shape index (κ2) is 5.56. The molecule has 0 atom stereocenters. The molecule has 1 aliphatic heterocycles. The van der Waals surface area contributed by atoms with Crippen LogP contribution < -0.4 is 0 Å². The van der Waals surface area contributed by atoms with Gasteiger partial charge in [-0.25, -0.2) is 0 Å². The molecular weight excluding hydrogens is 254 g/mol. The molecule has 1 saturated heterocycles. The third-order valence-corrected chi connectivity index (χ3v) is 4.12. The van der Waals surface area contributed by atoms with Crippen molar-refractivity contribution in [3.8, 4) is 0 Å². The van der Waals surface area contributed by atoms with Gasteiger partial charge in [0.15, 0.2) is 0 Å². The summed E-state index contributed by atoms with van der Waals surface area (Å²) in [5, 5.41) is 4.48. The first-order valence-electron chi connectivity index (χ1n) is 7.21. The SMILES string of the molecule is CCc1c(C)nn(CC(=O)N(C)CC2(C)COC2)c1C. The Morgan fingerprint density at radius 3 is 2.55 bits per heavy atom. The third kappa shape index (κ3) is 2.87. The quantitative estimate of drug-likeness (QED) is 0.822. The van der Waals surface area contributed by atoms with Gasteiger partial charge in [-0.3, -0.25) is 9.48 Å². The number of carbonyl (C=O) groups excluding carboxylic acids is 1. The van der Waals surface area contributed by atoms with Gasteiger partial charge >= 0.3 is 0 Å². The van der Waals surface area contributed by atoms with E-state index < -0.39 is 0 Å². The van der Waals surface area contributed by atoms with E-state index >= 15 is 0 Å². The van der Waals surface area contributed by atoms with Crippen LogP contribution in [0.1, 0.15) is 30.8 Å². The lowest BCUT2D eigenvalue weighted by atomic mass is 9.88. The van der Waals surface area contributed by atoms with Crippen LogP contribution >= 0.6 is 0 Å². The number of aryl methyl sites for hydroxylation is 1. The van der Waals surface area contributed by atoms with Gasteiger partial charge in [-0.05, 0) is 25.8 Å². The normalized spacial score (nSPS) is 16.9. The second-order valence-electron chi connectivity index (χ2n) is 6.21. The molecule has 0 spiro atoms. The summed E-state index contributed by atoms with van der Waals surface area (Å²) in [5.41, 5.74) is 3.50. The summed E-state index contributed by atoms with van der Waals surface area (Å²) in [6.45, 7) is 10.9. The van der Waals surface area contributed by atoms with E-state index in [0.717, 1.165) is 37.6 Å². The highest BCUT2D eigenvalue weighted by Crippen LogP contribution is 2.27. The van der Waals surface area contributed by atoms with Crippen molar-refractivity contribution in [1.29, 1.82) is 0 Å². The standard InChI is InChI=1S/C15H25N3O2/c1-6-13-11(2)16-18(12(13)3)7-14(19)17(5)8-15(4)9-20-10-15/h6-10H2,1-5H3. The van der Waals surface area contributed by atoms with Crippen LogP contribution in [0.25, 0.3) is 0 Å². The number of amides is 1. The van der Waals surface area contributed by atoms with Gasteiger partial charge in [-0.1, -0.05) is 13.8 Å². The predicted octanol–water partition coefficient (Wildman–Crippen LogP) is 1.56. The molecule has 5 nitrogen and oxygen atoms in total. The maximum absolute atomic E-state index is 12.3. The molecule has 1 aromatic rings. The van der Waals surface area contributed by atoms with Crippen molar-refractivity contribution >= 4 is 5.91 Å². The number of rotatable bonds is 5. The number of nitrogens with zero attached hydrogens (tertiary/aromatic N) is 3. The first-order valence-corrected chi connectivity index (χ1v) is 7.21. The van der Waals surface area contributed by atoms with Crippen LogP contribution in [0, 0.1) is 19.3 Å². The van der Waals surface area contributed by atoms with Gasteiger partial charge in [0.2, 0.25) is 5.91 Å². The molecule has 0 radical (unpaired) electrons. The zero-order chi connectivity index (χ0) is 14.9. The summed E-state index contributed by atoms with van der Waals surface area (Å²) in [5.74, 6) is 0.103. The Balaban J connectivity index is 2.00. The summed E-state index contributed by atoms with van der Waals surface area (Å²) >= 11 is 0. The molecule has 2 rings (SSSR count). The van der Waals surface area contributed by atoms with Crippen molar-refractivity contribution in [3.05, 3.63) is 17.0 Å². The Hall–Kier alpha value is -1.36. The minimum atomic E-state index is 0.103. The minimum absolute atomic E-state index is 0.103. The number of ether oxygens (including phenoxy) is 1. The first-order chi connectivity index (χ1) is 9.36. The van der Waals surface area contributed by atoms with Crippen molar-refractivity contribution < 1.29 is 9.53 Å². The lowest BCUT2D eigenvalue weighted by Gasteiger charge is -2.40. The molecule has 5 heteroatoms. The van der Waals surface area contributed by atoms with Crippen molar-refractivity contribution in [1.82, 2.24) is 14.7 Å². The average molecular weight is 279 g/mol. The van der Waals surface area contributed by atoms with Gasteiger partial charge in [0.25, 0.3) is 0 Å². The molecule has 0 unspecified atom stereocenters. The van der Waals surface area contributed by atoms with Crippen LogP contribution in [0.4, 0.5) is 0 Å². The van der Waals surface area contributed by atoms with E-state index in [1.54, 1.807) is 4.90 Å². The van der Waals surface area contributed by atoms with Crippen LogP contribution in [-0.4, -0.2) is 47.4 Å². The zero-order valence-corrected chi connectivity index (χ0v) is 13.2. The number of hydrogen-bond donors (Lipinski definition) is 0. The number of aromatic nitrogens is 2. The monoisotopic (exact) mass is 279 g/mol. The van der Waals surface area contributed by atoms with E-state index in [1.807, 2.05) is 25.6 Å². The van der Waals surface area contributed by atoms with Gasteiger partial charge in [-0.2, -0.15) is 5.10 Å². The van der Waals surface area contributed by atoms with Crippen LogP contribution in [0.15, 0.2) is 0 Å². The largest absolute Gasteiger partial charge is 0.380 e. The molecule has 112 valence electrons. The van der Waals surface area contributed by atoms with Gasteiger partial charge < -0.3 is 9.64 Å². The van der Waals surface area contributed by atoms with Crippen molar-refractivity contribution in [2.75, 3.05) is 26.8 Å². The molecule has 0 saturated carbocycles. The molecule has 1 amide bonds. The Labute approximate surface area is 120 Å². The van der Waals surface area contributed by atoms with E-state index in [0.29, 0.717) is 6.54 Å². The Kier molecular flexibility index (Phi) is 4.18. The van der Waals surface area contributed by atoms with E-state index in [1.165, 1.54) is 5.56 Å². The molecule has 2 heterocycles. The first kappa shape index (κ1) is 15.0. The summed E-state index contributed by atoms with van der Waals surface area (Å²) in [7, 11) is 1.86. The second-order valence-corrected chi connectivity index (χ2v) is 6.21. The molecule has 1 aliphatic rings. The average Bonchev–Trinajstić information content (AvgIpc) is 2.62. The molecule has 1 fully saturated rings. The van der Waals surface area contributed by atoms with E-state index in [-0.39, 0.29) is 11.3 Å². The van der Waals surface area contributed by atoms with Gasteiger partial charge in [0.1, 0.15) is 6.54 Å². The fourth-order valence-electron chi connectivity index (χ4n) is 2.85. The van der Waals surface area contributed by atoms with Crippen molar-refractivity contribution in [2.24, 2.45) is 5.41 Å². The molecule has 1 aromatic heterocycles. The molecule has 0 bridgehead atoms. The minimum Gasteiger partial charge on any atom is -0.380 e. The fraction of sp³-hybridized carbons (Fsp3) is 0.733. The van der Waals surface area contributed by atoms with E-state index in [9.17, 15) is 4.79 Å². The van der Waals surface area contributed by atoms with E-state index in [4.69, 9.17) is 4.74 Å². The third-order valence-electron chi connectivity index (χ3n) is 4.12. The zero-order valence-electron chi connectivity index (χ0n) is 13.2. The Morgan fingerprint density at radius 2 is 2.10 bits per heavy atom. The predicted molar refractivity (Wildman–Crippen MR) is 77.6 cm³/mol. The lowest BCUT2D eigenvalue weighted by Crippen LogP contribution is -2.49. The lowest BCUT2D eigenvalue weighted by molar-refractivity contribution is -0.142. The van der Waals surface area contributed by atoms with Gasteiger partial charge in [0, 0.05) is 24.7 Å². The number of likely N-dealkylation sites (N-methyl/N-ethyl adjacent to an activating group) is 1. The number of carbonyl (C=O) groups is 1. The molecular formula is C15H25N3O2. The molecule has 20 heavy (non-hydrogen) atoms. The van der Waals surface area contributed by atoms with Gasteiger partial charge in [0.05, 0.1) is 18.9 Å². The van der Waals surface area contributed by atoms with Crippen LogP contribution in [0.3, 0.4) is 0 Å². The molecule has 0 aliphatic carbocycles. The highest BCUT2D eigenvalue weighted by Gasteiger charge is 2.35. The highest BCUT2D eigenvalue weighted by molar-refractivity contribution is 5.75. The highest BCUT2D eigenvalue weighted by atomic mass is 16.5. The van der Waals surface area contributed by atoms with Crippen LogP contribution in [-0.2, 0) is 22.5 Å². The fourth-order valence-corrected chi connectivity index (χ4v) is 2.85. The smallest absolute Gasteiger partial charge is 0.244 e. The van der Waals surface area contributed by atoms with Crippen molar-refractivity contribution in [2.45, 2.75) is 40.7 Å².